The Labute approximate surface area is 112 Å². The van der Waals surface area contributed by atoms with Crippen LogP contribution in [0, 0.1) is 6.92 Å². The fourth-order valence-corrected chi connectivity index (χ4v) is 2.27. The highest BCUT2D eigenvalue weighted by Crippen LogP contribution is 2.29. The Morgan fingerprint density at radius 3 is 2.72 bits per heavy atom. The minimum absolute atomic E-state index is 0.218. The summed E-state index contributed by atoms with van der Waals surface area (Å²) in [4.78, 5) is 4.26. The zero-order valence-electron chi connectivity index (χ0n) is 10.8. The van der Waals surface area contributed by atoms with Crippen molar-refractivity contribution in [3.8, 4) is 0 Å². The first-order valence-corrected chi connectivity index (χ1v) is 6.30. The van der Waals surface area contributed by atoms with Crippen LogP contribution in [0.3, 0.4) is 0 Å². The normalized spacial score (nSPS) is 13.0. The van der Waals surface area contributed by atoms with E-state index in [2.05, 4.69) is 23.9 Å². The maximum absolute atomic E-state index is 6.32. The number of halogens is 1. The second kappa shape index (κ2) is 5.08. The molecule has 18 heavy (non-hydrogen) atoms. The first-order chi connectivity index (χ1) is 8.52. The lowest BCUT2D eigenvalue weighted by Gasteiger charge is -2.18. The molecule has 1 unspecified atom stereocenters. The van der Waals surface area contributed by atoms with E-state index < -0.39 is 0 Å². The number of nitrogens with two attached hydrogens (primary N) is 1. The van der Waals surface area contributed by atoms with E-state index in [9.17, 15) is 0 Å². The van der Waals surface area contributed by atoms with Gasteiger partial charge < -0.3 is 5.73 Å². The van der Waals surface area contributed by atoms with E-state index in [1.54, 1.807) is 12.4 Å². The van der Waals surface area contributed by atoms with Gasteiger partial charge in [-0.25, -0.2) is 0 Å². The predicted octanol–water partition coefficient (Wildman–Crippen LogP) is 2.87. The molecule has 0 spiro atoms. The molecule has 0 aliphatic carbocycles. The van der Waals surface area contributed by atoms with E-state index in [0.29, 0.717) is 5.02 Å². The third-order valence-corrected chi connectivity index (χ3v) is 3.24. The first-order valence-electron chi connectivity index (χ1n) is 5.92. The maximum atomic E-state index is 6.32. The SMILES string of the molecule is Cc1ncccc1C(N)c1c(Cl)cnn1C(C)C. The monoisotopic (exact) mass is 264 g/mol. The maximum Gasteiger partial charge on any atom is 0.0837 e. The highest BCUT2D eigenvalue weighted by molar-refractivity contribution is 6.31. The Morgan fingerprint density at radius 1 is 1.39 bits per heavy atom. The van der Waals surface area contributed by atoms with Gasteiger partial charge in [-0.05, 0) is 32.4 Å². The van der Waals surface area contributed by atoms with Crippen LogP contribution in [0.5, 0.6) is 0 Å². The van der Waals surface area contributed by atoms with Gasteiger partial charge in [0.05, 0.1) is 23.0 Å². The van der Waals surface area contributed by atoms with Gasteiger partial charge in [0.15, 0.2) is 0 Å². The average molecular weight is 265 g/mol. The van der Waals surface area contributed by atoms with Crippen LogP contribution in [0.4, 0.5) is 0 Å². The van der Waals surface area contributed by atoms with Crippen molar-refractivity contribution < 1.29 is 0 Å². The van der Waals surface area contributed by atoms with Crippen LogP contribution >= 0.6 is 11.6 Å². The summed E-state index contributed by atoms with van der Waals surface area (Å²) in [6, 6.07) is 3.76. The topological polar surface area (TPSA) is 56.7 Å². The summed E-state index contributed by atoms with van der Waals surface area (Å²) in [5.74, 6) is 0. The number of aryl methyl sites for hydroxylation is 1. The van der Waals surface area contributed by atoms with E-state index in [-0.39, 0.29) is 12.1 Å². The fourth-order valence-electron chi connectivity index (χ4n) is 2.03. The number of nitrogens with zero attached hydrogens (tertiary/aromatic N) is 3. The Hall–Kier alpha value is -1.39. The second-order valence-electron chi connectivity index (χ2n) is 4.57. The standard InChI is InChI=1S/C13H17ClN4/c1-8(2)18-13(11(14)7-17-18)12(15)10-5-4-6-16-9(10)3/h4-8,12H,15H2,1-3H3. The molecule has 0 aromatic carbocycles. The quantitative estimate of drug-likeness (QED) is 0.927. The summed E-state index contributed by atoms with van der Waals surface area (Å²) in [6.07, 6.45) is 3.40. The van der Waals surface area contributed by atoms with Crippen LogP contribution in [-0.2, 0) is 0 Å². The molecule has 0 saturated heterocycles. The average Bonchev–Trinajstić information content (AvgIpc) is 2.71. The molecule has 96 valence electrons. The van der Waals surface area contributed by atoms with Gasteiger partial charge >= 0.3 is 0 Å². The molecule has 4 nitrogen and oxygen atoms in total. The third-order valence-electron chi connectivity index (χ3n) is 2.95. The summed E-state index contributed by atoms with van der Waals surface area (Å²) in [7, 11) is 0. The van der Waals surface area contributed by atoms with Gasteiger partial charge in [-0.1, -0.05) is 17.7 Å². The first kappa shape index (κ1) is 13.1. The Balaban J connectivity index is 2.49. The number of aromatic nitrogens is 3. The van der Waals surface area contributed by atoms with Crippen molar-refractivity contribution in [2.24, 2.45) is 5.73 Å². The van der Waals surface area contributed by atoms with Gasteiger partial charge in [0.25, 0.3) is 0 Å². The van der Waals surface area contributed by atoms with Gasteiger partial charge in [-0.2, -0.15) is 5.10 Å². The summed E-state index contributed by atoms with van der Waals surface area (Å²) < 4.78 is 1.86. The minimum Gasteiger partial charge on any atom is -0.319 e. The number of rotatable bonds is 3. The van der Waals surface area contributed by atoms with E-state index in [1.165, 1.54) is 0 Å². The molecule has 0 radical (unpaired) electrons. The number of pyridine rings is 1. The van der Waals surface area contributed by atoms with Gasteiger partial charge in [-0.15, -0.1) is 0 Å². The summed E-state index contributed by atoms with van der Waals surface area (Å²) in [5.41, 5.74) is 9.04. The van der Waals surface area contributed by atoms with E-state index in [0.717, 1.165) is 17.0 Å². The minimum atomic E-state index is -0.309. The van der Waals surface area contributed by atoms with E-state index in [4.69, 9.17) is 17.3 Å². The molecule has 0 saturated carbocycles. The number of hydrogen-bond donors (Lipinski definition) is 1. The van der Waals surface area contributed by atoms with Crippen molar-refractivity contribution in [2.45, 2.75) is 32.9 Å². The highest BCUT2D eigenvalue weighted by atomic mass is 35.5. The molecular formula is C13H17ClN4. The predicted molar refractivity (Wildman–Crippen MR) is 72.6 cm³/mol. The molecule has 0 aliphatic rings. The largest absolute Gasteiger partial charge is 0.319 e. The van der Waals surface area contributed by atoms with Crippen LogP contribution in [0.15, 0.2) is 24.5 Å². The fraction of sp³-hybridized carbons (Fsp3) is 0.385. The van der Waals surface area contributed by atoms with Crippen LogP contribution in [0.25, 0.3) is 0 Å². The molecule has 2 N–H and O–H groups in total. The van der Waals surface area contributed by atoms with Crippen molar-refractivity contribution in [2.75, 3.05) is 0 Å². The Kier molecular flexibility index (Phi) is 3.68. The second-order valence-corrected chi connectivity index (χ2v) is 4.98. The van der Waals surface area contributed by atoms with Crippen molar-refractivity contribution in [1.82, 2.24) is 14.8 Å². The molecule has 2 aromatic rings. The van der Waals surface area contributed by atoms with Crippen LogP contribution in [-0.4, -0.2) is 14.8 Å². The zero-order valence-corrected chi connectivity index (χ0v) is 11.5. The highest BCUT2D eigenvalue weighted by Gasteiger charge is 2.21. The zero-order chi connectivity index (χ0) is 13.3. The molecule has 1 atom stereocenters. The third kappa shape index (κ3) is 2.26. The van der Waals surface area contributed by atoms with Crippen molar-refractivity contribution in [3.05, 3.63) is 46.5 Å². The Morgan fingerprint density at radius 2 is 2.11 bits per heavy atom. The molecule has 2 heterocycles. The van der Waals surface area contributed by atoms with Crippen molar-refractivity contribution >= 4 is 11.6 Å². The summed E-state index contributed by atoms with van der Waals surface area (Å²) >= 11 is 6.20. The van der Waals surface area contributed by atoms with Crippen LogP contribution in [0.1, 0.15) is 42.9 Å². The molecule has 0 amide bonds. The lowest BCUT2D eigenvalue weighted by molar-refractivity contribution is 0.499. The lowest BCUT2D eigenvalue weighted by Crippen LogP contribution is -2.20. The van der Waals surface area contributed by atoms with E-state index >= 15 is 0 Å². The summed E-state index contributed by atoms with van der Waals surface area (Å²) in [6.45, 7) is 6.05. The van der Waals surface area contributed by atoms with Crippen LogP contribution in [0.2, 0.25) is 5.02 Å². The molecule has 0 aliphatic heterocycles. The van der Waals surface area contributed by atoms with Gasteiger partial charge in [-0.3, -0.25) is 9.67 Å². The van der Waals surface area contributed by atoms with Crippen molar-refractivity contribution in [1.29, 1.82) is 0 Å². The van der Waals surface area contributed by atoms with Gasteiger partial charge in [0.1, 0.15) is 0 Å². The molecule has 0 bridgehead atoms. The molecule has 2 aromatic heterocycles. The Bertz CT molecular complexity index is 548. The molecule has 5 heteroatoms. The smallest absolute Gasteiger partial charge is 0.0837 e. The molecule has 0 fully saturated rings. The molecule has 2 rings (SSSR count). The van der Waals surface area contributed by atoms with Gasteiger partial charge in [0.2, 0.25) is 0 Å². The van der Waals surface area contributed by atoms with E-state index in [1.807, 2.05) is 23.7 Å². The van der Waals surface area contributed by atoms with Gasteiger partial charge in [0, 0.05) is 17.9 Å². The summed E-state index contributed by atoms with van der Waals surface area (Å²) in [5, 5.41) is 4.87. The van der Waals surface area contributed by atoms with Crippen molar-refractivity contribution in [3.63, 3.8) is 0 Å². The lowest BCUT2D eigenvalue weighted by atomic mass is 10.0. The molecular weight excluding hydrogens is 248 g/mol. The number of hydrogen-bond acceptors (Lipinski definition) is 3. The van der Waals surface area contributed by atoms with Crippen LogP contribution < -0.4 is 5.73 Å².